The molecule has 2 aliphatic rings. The van der Waals surface area contributed by atoms with E-state index in [2.05, 4.69) is 49.9 Å². The molecule has 178 valence electrons. The summed E-state index contributed by atoms with van der Waals surface area (Å²) in [7, 11) is 0. The molecule has 2 atom stereocenters. The second-order valence-corrected chi connectivity index (χ2v) is 9.56. The first-order chi connectivity index (χ1) is 17.2. The summed E-state index contributed by atoms with van der Waals surface area (Å²) in [6.07, 6.45) is 9.68. The molecule has 8 heteroatoms. The van der Waals surface area contributed by atoms with E-state index in [1.54, 1.807) is 23.2 Å². The molecule has 3 aromatic heterocycles. The minimum absolute atomic E-state index is 0.149. The van der Waals surface area contributed by atoms with Gasteiger partial charge in [-0.05, 0) is 61.3 Å². The fourth-order valence-corrected chi connectivity index (χ4v) is 5.43. The van der Waals surface area contributed by atoms with Gasteiger partial charge in [0.2, 0.25) is 5.91 Å². The Balaban J connectivity index is 1.12. The molecule has 1 aliphatic heterocycles. The molecule has 1 aromatic carbocycles. The molecule has 0 fully saturated rings. The first-order valence-corrected chi connectivity index (χ1v) is 12.3. The highest BCUT2D eigenvalue weighted by atomic mass is 16.2. The number of carbonyl (C=O) groups is 1. The van der Waals surface area contributed by atoms with Gasteiger partial charge in [0.05, 0.1) is 6.54 Å². The Bertz CT molecular complexity index is 1420. The molecule has 35 heavy (non-hydrogen) atoms. The van der Waals surface area contributed by atoms with Crippen molar-refractivity contribution >= 4 is 22.6 Å². The van der Waals surface area contributed by atoms with E-state index in [1.165, 1.54) is 11.1 Å². The van der Waals surface area contributed by atoms with E-state index in [1.807, 2.05) is 12.1 Å². The van der Waals surface area contributed by atoms with E-state index in [-0.39, 0.29) is 11.5 Å². The van der Waals surface area contributed by atoms with E-state index >= 15 is 0 Å². The summed E-state index contributed by atoms with van der Waals surface area (Å²) >= 11 is 0. The number of amides is 1. The maximum Gasteiger partial charge on any atom is 0.294 e. The third-order valence-corrected chi connectivity index (χ3v) is 7.30. The van der Waals surface area contributed by atoms with Crippen LogP contribution in [0.4, 0.5) is 5.82 Å². The predicted molar refractivity (Wildman–Crippen MR) is 134 cm³/mol. The molecule has 1 aliphatic carbocycles. The lowest BCUT2D eigenvalue weighted by Gasteiger charge is -2.25. The van der Waals surface area contributed by atoms with Gasteiger partial charge in [0, 0.05) is 47.4 Å². The molecule has 1 amide bonds. The molecular weight excluding hydrogens is 440 g/mol. The SMILES string of the molecule is O=C(NCc1cc2cnccc2[nH]1)[C@@H]1CCc2cnc(NCC3CCc4ccccc4C3)c(=O)n21. The lowest BCUT2D eigenvalue weighted by Crippen LogP contribution is -2.37. The molecule has 0 spiro atoms. The zero-order chi connectivity index (χ0) is 23.8. The standard InChI is InChI=1S/C27H28N6O2/c34-26(31-15-21-12-20-14-28-10-9-23(20)32-21)24-8-7-22-16-30-25(27(35)33(22)24)29-13-17-5-6-18-3-1-2-4-19(18)11-17/h1-4,9-10,12,14,16-17,24,32H,5-8,11,13,15H2,(H,29,30)(H,31,34)/t17?,24-/m0/s1. The molecule has 8 nitrogen and oxygen atoms in total. The topological polar surface area (TPSA) is 105 Å². The second kappa shape index (κ2) is 9.02. The molecule has 1 unspecified atom stereocenters. The van der Waals surface area contributed by atoms with Gasteiger partial charge in [0.1, 0.15) is 6.04 Å². The molecule has 4 aromatic rings. The number of aryl methyl sites for hydroxylation is 2. The van der Waals surface area contributed by atoms with Crippen molar-refractivity contribution in [2.24, 2.45) is 5.92 Å². The number of anilines is 1. The Morgan fingerprint density at radius 1 is 1.11 bits per heavy atom. The van der Waals surface area contributed by atoms with Crippen LogP contribution in [0.2, 0.25) is 0 Å². The Morgan fingerprint density at radius 2 is 2.00 bits per heavy atom. The van der Waals surface area contributed by atoms with Crippen LogP contribution in [0, 0.1) is 5.92 Å². The second-order valence-electron chi connectivity index (χ2n) is 9.56. The first kappa shape index (κ1) is 21.6. The van der Waals surface area contributed by atoms with Crippen molar-refractivity contribution in [1.29, 1.82) is 0 Å². The highest BCUT2D eigenvalue weighted by Crippen LogP contribution is 2.26. The van der Waals surface area contributed by atoms with E-state index in [9.17, 15) is 9.59 Å². The number of aromatic nitrogens is 4. The fourth-order valence-electron chi connectivity index (χ4n) is 5.43. The first-order valence-electron chi connectivity index (χ1n) is 12.3. The summed E-state index contributed by atoms with van der Waals surface area (Å²) in [6, 6.07) is 11.9. The van der Waals surface area contributed by atoms with Crippen molar-refractivity contribution in [3.05, 3.63) is 87.9 Å². The third kappa shape index (κ3) is 4.20. The minimum Gasteiger partial charge on any atom is -0.365 e. The van der Waals surface area contributed by atoms with Gasteiger partial charge in [0.25, 0.3) is 5.56 Å². The summed E-state index contributed by atoms with van der Waals surface area (Å²) in [6.45, 7) is 1.06. The van der Waals surface area contributed by atoms with E-state index in [0.29, 0.717) is 37.7 Å². The third-order valence-electron chi connectivity index (χ3n) is 7.30. The number of carbonyl (C=O) groups excluding carboxylic acids is 1. The summed E-state index contributed by atoms with van der Waals surface area (Å²) < 4.78 is 1.62. The van der Waals surface area contributed by atoms with Crippen LogP contribution in [0.1, 0.15) is 41.4 Å². The fraction of sp³-hybridized carbons (Fsp3) is 0.333. The largest absolute Gasteiger partial charge is 0.365 e. The van der Waals surface area contributed by atoms with Crippen LogP contribution in [-0.2, 0) is 30.6 Å². The highest BCUT2D eigenvalue weighted by Gasteiger charge is 2.30. The maximum absolute atomic E-state index is 13.3. The zero-order valence-corrected chi connectivity index (χ0v) is 19.5. The monoisotopic (exact) mass is 468 g/mol. The van der Waals surface area contributed by atoms with E-state index in [4.69, 9.17) is 0 Å². The molecule has 6 rings (SSSR count). The number of benzene rings is 1. The number of H-pyrrole nitrogens is 1. The van der Waals surface area contributed by atoms with Crippen molar-refractivity contribution in [1.82, 2.24) is 24.8 Å². The zero-order valence-electron chi connectivity index (χ0n) is 19.5. The Morgan fingerprint density at radius 3 is 2.89 bits per heavy atom. The number of hydrogen-bond donors (Lipinski definition) is 3. The van der Waals surface area contributed by atoms with E-state index < -0.39 is 6.04 Å². The molecule has 4 heterocycles. The number of aromatic amines is 1. The molecule has 0 radical (unpaired) electrons. The van der Waals surface area contributed by atoms with Crippen LogP contribution in [0.25, 0.3) is 10.9 Å². The predicted octanol–water partition coefficient (Wildman–Crippen LogP) is 3.14. The van der Waals surface area contributed by atoms with Gasteiger partial charge in [-0.1, -0.05) is 24.3 Å². The van der Waals surface area contributed by atoms with Gasteiger partial charge in [-0.2, -0.15) is 0 Å². The van der Waals surface area contributed by atoms with Gasteiger partial charge in [-0.25, -0.2) is 4.98 Å². The van der Waals surface area contributed by atoms with Gasteiger partial charge in [-0.15, -0.1) is 0 Å². The molecule has 0 bridgehead atoms. The quantitative estimate of drug-likeness (QED) is 0.403. The van der Waals surface area contributed by atoms with Crippen LogP contribution in [0.3, 0.4) is 0 Å². The van der Waals surface area contributed by atoms with Crippen LogP contribution in [0.5, 0.6) is 0 Å². The van der Waals surface area contributed by atoms with Crippen LogP contribution >= 0.6 is 0 Å². The van der Waals surface area contributed by atoms with Crippen LogP contribution in [-0.4, -0.2) is 32.0 Å². The number of pyridine rings is 1. The highest BCUT2D eigenvalue weighted by molar-refractivity contribution is 5.82. The number of nitrogens with zero attached hydrogens (tertiary/aromatic N) is 3. The smallest absolute Gasteiger partial charge is 0.294 e. The number of hydrogen-bond acceptors (Lipinski definition) is 5. The van der Waals surface area contributed by atoms with Crippen molar-refractivity contribution < 1.29 is 4.79 Å². The normalized spacial score (nSPS) is 18.7. The Hall–Kier alpha value is -3.94. The van der Waals surface area contributed by atoms with Crippen molar-refractivity contribution in [2.45, 2.75) is 44.7 Å². The lowest BCUT2D eigenvalue weighted by atomic mass is 9.84. The van der Waals surface area contributed by atoms with Gasteiger partial charge >= 0.3 is 0 Å². The van der Waals surface area contributed by atoms with Gasteiger partial charge in [-0.3, -0.25) is 19.1 Å². The molecule has 0 saturated carbocycles. The lowest BCUT2D eigenvalue weighted by molar-refractivity contribution is -0.124. The van der Waals surface area contributed by atoms with Crippen molar-refractivity contribution in [3.8, 4) is 0 Å². The maximum atomic E-state index is 13.3. The van der Waals surface area contributed by atoms with E-state index in [0.717, 1.165) is 41.6 Å². The summed E-state index contributed by atoms with van der Waals surface area (Å²) in [5.41, 5.74) is 5.30. The molecule has 3 N–H and O–H groups in total. The van der Waals surface area contributed by atoms with Crippen LogP contribution in [0.15, 0.2) is 59.8 Å². The summed E-state index contributed by atoms with van der Waals surface area (Å²) in [4.78, 5) is 38.1. The van der Waals surface area contributed by atoms with Gasteiger partial charge in [0.15, 0.2) is 5.82 Å². The minimum atomic E-state index is -0.520. The molecular formula is C27H28N6O2. The number of fused-ring (bicyclic) bond motifs is 3. The summed E-state index contributed by atoms with van der Waals surface area (Å²) in [5, 5.41) is 7.28. The average molecular weight is 469 g/mol. The van der Waals surface area contributed by atoms with Crippen molar-refractivity contribution in [3.63, 3.8) is 0 Å². The Kier molecular flexibility index (Phi) is 5.56. The average Bonchev–Trinajstić information content (AvgIpc) is 3.51. The number of rotatable bonds is 6. The van der Waals surface area contributed by atoms with Crippen LogP contribution < -0.4 is 16.2 Å². The van der Waals surface area contributed by atoms with Crippen molar-refractivity contribution in [2.75, 3.05) is 11.9 Å². The Labute approximate surface area is 202 Å². The summed E-state index contributed by atoms with van der Waals surface area (Å²) in [5.74, 6) is 0.633. The van der Waals surface area contributed by atoms with Gasteiger partial charge < -0.3 is 15.6 Å². The number of nitrogens with one attached hydrogen (secondary N) is 3. The molecule has 0 saturated heterocycles.